The maximum atomic E-state index is 12.9. The molecule has 0 aliphatic heterocycles. The van der Waals surface area contributed by atoms with Crippen LogP contribution < -0.4 is 5.32 Å². The number of carboxylic acids is 1. The van der Waals surface area contributed by atoms with E-state index in [1.54, 1.807) is 35.6 Å². The smallest absolute Gasteiger partial charge is 0.416 e. The summed E-state index contributed by atoms with van der Waals surface area (Å²) in [4.78, 5) is 13.3. The van der Waals surface area contributed by atoms with Gasteiger partial charge in [0.05, 0.1) is 17.2 Å². The molecule has 174 valence electrons. The van der Waals surface area contributed by atoms with E-state index in [0.29, 0.717) is 5.92 Å². The van der Waals surface area contributed by atoms with Crippen molar-refractivity contribution in [1.29, 1.82) is 0 Å². The highest BCUT2D eigenvalue weighted by Gasteiger charge is 2.31. The molecule has 1 aromatic heterocycles. The van der Waals surface area contributed by atoms with Gasteiger partial charge in [0.15, 0.2) is 0 Å². The van der Waals surface area contributed by atoms with Gasteiger partial charge < -0.3 is 10.4 Å². The standard InChI is InChI=1S/C26H26F3NO2S/c1-16-15-22(17-7-11-20(12-8-17)26(27,28)29)33-24(16)23(18-5-3-2-4-6-18)30-21-13-9-19(10-14-21)25(31)32/h7-15,18,23,30H,2-6H2,1H3,(H,31,32). The quantitative estimate of drug-likeness (QED) is 0.380. The SMILES string of the molecule is Cc1cc(-c2ccc(C(F)(F)F)cc2)sc1C(Nc1ccc(C(=O)O)cc1)C1CCCCC1. The first-order valence-electron chi connectivity index (χ1n) is 11.1. The number of thiophene rings is 1. The molecular formula is C26H26F3NO2S. The highest BCUT2D eigenvalue weighted by molar-refractivity contribution is 7.15. The van der Waals surface area contributed by atoms with Crippen LogP contribution in [0.25, 0.3) is 10.4 Å². The third-order valence-electron chi connectivity index (χ3n) is 6.31. The highest BCUT2D eigenvalue weighted by Crippen LogP contribution is 2.43. The number of nitrogens with one attached hydrogen (secondary N) is 1. The fraction of sp³-hybridized carbons (Fsp3) is 0.346. The second-order valence-corrected chi connectivity index (χ2v) is 9.72. The summed E-state index contributed by atoms with van der Waals surface area (Å²) in [6, 6.07) is 14.2. The van der Waals surface area contributed by atoms with Crippen molar-refractivity contribution in [2.45, 2.75) is 51.2 Å². The number of benzene rings is 2. The minimum Gasteiger partial charge on any atom is -0.478 e. The summed E-state index contributed by atoms with van der Waals surface area (Å²) in [5.74, 6) is -0.517. The Hall–Kier alpha value is -2.80. The van der Waals surface area contributed by atoms with Gasteiger partial charge in [-0.15, -0.1) is 11.3 Å². The monoisotopic (exact) mass is 473 g/mol. The van der Waals surface area contributed by atoms with E-state index in [1.807, 2.05) is 13.0 Å². The molecule has 7 heteroatoms. The highest BCUT2D eigenvalue weighted by atomic mass is 32.1. The van der Waals surface area contributed by atoms with Crippen LogP contribution in [0.3, 0.4) is 0 Å². The molecule has 0 radical (unpaired) electrons. The topological polar surface area (TPSA) is 49.3 Å². The van der Waals surface area contributed by atoms with Crippen LogP contribution in [-0.4, -0.2) is 11.1 Å². The lowest BCUT2D eigenvalue weighted by Crippen LogP contribution is -2.23. The Bertz CT molecular complexity index is 1100. The summed E-state index contributed by atoms with van der Waals surface area (Å²) in [5, 5.41) is 12.8. The summed E-state index contributed by atoms with van der Waals surface area (Å²) in [6.45, 7) is 2.05. The molecule has 1 aliphatic carbocycles. The average Bonchev–Trinajstić information content (AvgIpc) is 3.19. The number of carboxylic acid groups (broad SMARTS) is 1. The third kappa shape index (κ3) is 5.41. The van der Waals surface area contributed by atoms with E-state index in [-0.39, 0.29) is 11.6 Å². The Kier molecular flexibility index (Phi) is 6.79. The second kappa shape index (κ2) is 9.59. The van der Waals surface area contributed by atoms with Crippen LogP contribution in [0.1, 0.15) is 64.5 Å². The third-order valence-corrected chi connectivity index (χ3v) is 7.68. The molecule has 33 heavy (non-hydrogen) atoms. The normalized spacial score (nSPS) is 15.9. The van der Waals surface area contributed by atoms with Gasteiger partial charge in [0.25, 0.3) is 0 Å². The molecule has 0 spiro atoms. The van der Waals surface area contributed by atoms with Crippen LogP contribution in [0.2, 0.25) is 0 Å². The van der Waals surface area contributed by atoms with Gasteiger partial charge in [-0.05, 0) is 79.3 Å². The molecule has 1 fully saturated rings. The lowest BCUT2D eigenvalue weighted by molar-refractivity contribution is -0.137. The Morgan fingerprint density at radius 2 is 1.67 bits per heavy atom. The van der Waals surface area contributed by atoms with E-state index in [1.165, 1.54) is 36.3 Å². The largest absolute Gasteiger partial charge is 0.478 e. The molecule has 4 rings (SSSR count). The minimum atomic E-state index is -4.35. The average molecular weight is 474 g/mol. The van der Waals surface area contributed by atoms with Crippen molar-refractivity contribution in [1.82, 2.24) is 0 Å². The van der Waals surface area contributed by atoms with Gasteiger partial charge in [-0.2, -0.15) is 13.2 Å². The number of carbonyl (C=O) groups is 1. The molecule has 1 unspecified atom stereocenters. The number of aryl methyl sites for hydroxylation is 1. The van der Waals surface area contributed by atoms with Crippen molar-refractivity contribution in [2.24, 2.45) is 5.92 Å². The number of halogens is 3. The first-order chi connectivity index (χ1) is 15.7. The maximum absolute atomic E-state index is 12.9. The van der Waals surface area contributed by atoms with E-state index in [9.17, 15) is 18.0 Å². The van der Waals surface area contributed by atoms with Crippen LogP contribution in [0, 0.1) is 12.8 Å². The zero-order chi connectivity index (χ0) is 23.6. The van der Waals surface area contributed by atoms with E-state index < -0.39 is 17.7 Å². The summed E-state index contributed by atoms with van der Waals surface area (Å²) >= 11 is 1.62. The maximum Gasteiger partial charge on any atom is 0.416 e. The van der Waals surface area contributed by atoms with Crippen molar-refractivity contribution < 1.29 is 23.1 Å². The van der Waals surface area contributed by atoms with Crippen molar-refractivity contribution in [3.63, 3.8) is 0 Å². The summed E-state index contributed by atoms with van der Waals surface area (Å²) in [5.41, 5.74) is 2.34. The van der Waals surface area contributed by atoms with E-state index in [0.717, 1.165) is 46.7 Å². The van der Waals surface area contributed by atoms with E-state index in [4.69, 9.17) is 5.11 Å². The van der Waals surface area contributed by atoms with Gasteiger partial charge in [0.2, 0.25) is 0 Å². The number of anilines is 1. The molecule has 1 heterocycles. The van der Waals surface area contributed by atoms with Gasteiger partial charge in [-0.25, -0.2) is 4.79 Å². The number of aromatic carboxylic acids is 1. The van der Waals surface area contributed by atoms with Crippen LogP contribution in [0.15, 0.2) is 54.6 Å². The molecule has 3 aromatic rings. The molecule has 0 bridgehead atoms. The molecule has 2 aromatic carbocycles. The molecule has 0 amide bonds. The van der Waals surface area contributed by atoms with Gasteiger partial charge in [0.1, 0.15) is 0 Å². The van der Waals surface area contributed by atoms with E-state index in [2.05, 4.69) is 5.32 Å². The zero-order valence-corrected chi connectivity index (χ0v) is 19.1. The summed E-state index contributed by atoms with van der Waals surface area (Å²) < 4.78 is 38.8. The Morgan fingerprint density at radius 3 is 2.24 bits per heavy atom. The van der Waals surface area contributed by atoms with Crippen molar-refractivity contribution in [3.8, 4) is 10.4 Å². The fourth-order valence-electron chi connectivity index (χ4n) is 4.52. The fourth-order valence-corrected chi connectivity index (χ4v) is 5.85. The predicted molar refractivity (Wildman–Crippen MR) is 126 cm³/mol. The molecule has 3 nitrogen and oxygen atoms in total. The van der Waals surface area contributed by atoms with Gasteiger partial charge in [-0.1, -0.05) is 31.4 Å². The molecule has 1 saturated carbocycles. The van der Waals surface area contributed by atoms with Gasteiger partial charge >= 0.3 is 12.1 Å². The van der Waals surface area contributed by atoms with Crippen LogP contribution >= 0.6 is 11.3 Å². The van der Waals surface area contributed by atoms with Gasteiger partial charge in [0, 0.05) is 15.4 Å². The Morgan fingerprint density at radius 1 is 1.03 bits per heavy atom. The molecule has 2 N–H and O–H groups in total. The number of hydrogen-bond donors (Lipinski definition) is 2. The number of rotatable bonds is 6. The first kappa shape index (κ1) is 23.4. The van der Waals surface area contributed by atoms with Crippen molar-refractivity contribution >= 4 is 23.0 Å². The number of alkyl halides is 3. The van der Waals surface area contributed by atoms with E-state index >= 15 is 0 Å². The summed E-state index contributed by atoms with van der Waals surface area (Å²) in [6.07, 6.45) is 1.46. The van der Waals surface area contributed by atoms with Crippen LogP contribution in [0.5, 0.6) is 0 Å². The lowest BCUT2D eigenvalue weighted by atomic mass is 9.82. The first-order valence-corrected chi connectivity index (χ1v) is 11.9. The number of hydrogen-bond acceptors (Lipinski definition) is 3. The second-order valence-electron chi connectivity index (χ2n) is 8.64. The minimum absolute atomic E-state index is 0.0641. The molecule has 0 saturated heterocycles. The van der Waals surface area contributed by atoms with Gasteiger partial charge in [-0.3, -0.25) is 0 Å². The molecule has 1 aliphatic rings. The van der Waals surface area contributed by atoms with Crippen molar-refractivity contribution in [2.75, 3.05) is 5.32 Å². The zero-order valence-electron chi connectivity index (χ0n) is 18.3. The Balaban J connectivity index is 1.64. The molecular weight excluding hydrogens is 447 g/mol. The Labute approximate surface area is 195 Å². The van der Waals surface area contributed by atoms with Crippen molar-refractivity contribution in [3.05, 3.63) is 76.2 Å². The van der Waals surface area contributed by atoms with Crippen LogP contribution in [0.4, 0.5) is 18.9 Å². The summed E-state index contributed by atoms with van der Waals surface area (Å²) in [7, 11) is 0. The lowest BCUT2D eigenvalue weighted by Gasteiger charge is -2.31. The predicted octanol–water partition coefficient (Wildman–Crippen LogP) is 8.17. The molecule has 1 atom stereocenters. The van der Waals surface area contributed by atoms with Crippen LogP contribution in [-0.2, 0) is 6.18 Å².